The van der Waals surface area contributed by atoms with E-state index in [2.05, 4.69) is 16.0 Å². The lowest BCUT2D eigenvalue weighted by Gasteiger charge is -2.10. The highest BCUT2D eigenvalue weighted by Gasteiger charge is 2.39. The summed E-state index contributed by atoms with van der Waals surface area (Å²) in [6.07, 6.45) is -0.391. The van der Waals surface area contributed by atoms with Crippen LogP contribution in [0.4, 0.5) is 13.2 Å². The largest absolute Gasteiger partial charge is 0.506 e. The molecular formula is C21H19F3N2O3S. The number of aromatic hydroxyl groups is 1. The summed E-state index contributed by atoms with van der Waals surface area (Å²) in [4.78, 5) is 18.5. The molecule has 0 amide bonds. The zero-order valence-corrected chi connectivity index (χ0v) is 16.8. The molecule has 2 aromatic carbocycles. The maximum absolute atomic E-state index is 11.9. The molecule has 3 aromatic rings. The van der Waals surface area contributed by atoms with Gasteiger partial charge in [-0.25, -0.2) is 4.98 Å². The number of thioether (sulfide) groups is 1. The molecule has 0 aliphatic heterocycles. The fourth-order valence-corrected chi connectivity index (χ4v) is 3.46. The third-order valence-electron chi connectivity index (χ3n) is 4.46. The summed E-state index contributed by atoms with van der Waals surface area (Å²) < 4.78 is 34.3. The van der Waals surface area contributed by atoms with E-state index >= 15 is 0 Å². The molecule has 1 aliphatic carbocycles. The Hall–Kier alpha value is -2.94. The zero-order valence-electron chi connectivity index (χ0n) is 16.0. The quantitative estimate of drug-likeness (QED) is 0.484. The number of halogens is 3. The Morgan fingerprint density at radius 2 is 1.93 bits per heavy atom. The molecule has 1 saturated carbocycles. The number of alkyl halides is 3. The van der Waals surface area contributed by atoms with Gasteiger partial charge in [-0.2, -0.15) is 24.9 Å². The summed E-state index contributed by atoms with van der Waals surface area (Å²) in [7, 11) is 0. The first-order valence-electron chi connectivity index (χ1n) is 8.98. The number of allylic oxidation sites excluding steroid dienone is 2. The maximum Gasteiger partial charge on any atom is 0.448 e. The molecule has 4 rings (SSSR count). The second-order valence-electron chi connectivity index (χ2n) is 6.66. The molecule has 0 spiro atoms. The van der Waals surface area contributed by atoms with Crippen LogP contribution in [-0.4, -0.2) is 32.6 Å². The number of H-pyrrole nitrogens is 1. The molecule has 1 heterocycles. The van der Waals surface area contributed by atoms with Crippen LogP contribution in [0.15, 0.2) is 58.9 Å². The topological polar surface area (TPSA) is 86.2 Å². The molecular weight excluding hydrogens is 417 g/mol. The fourth-order valence-electron chi connectivity index (χ4n) is 2.90. The van der Waals surface area contributed by atoms with Crippen molar-refractivity contribution >= 4 is 22.7 Å². The average molecular weight is 436 g/mol. The molecule has 158 valence electrons. The van der Waals surface area contributed by atoms with Crippen molar-refractivity contribution in [1.82, 2.24) is 9.97 Å². The molecule has 9 heteroatoms. The first-order chi connectivity index (χ1) is 14.2. The zero-order chi connectivity index (χ0) is 21.9. The lowest BCUT2D eigenvalue weighted by Crippen LogP contribution is -2.10. The standard InChI is InChI=1S/C16H14N2O2S.C5H5F3O/c1-21-8-10-4-2-3-5-12(10)11-6-13-15(14(19)7-11)17-9-18-16(13)20;6-5(7,8)4(9)3-1-2-3/h2-7,9,19H,8H2,1H3,(H,17,18,20);9H,1-2H2. The molecule has 1 aliphatic rings. The number of fused-ring (bicyclic) bond motifs is 1. The van der Waals surface area contributed by atoms with E-state index in [4.69, 9.17) is 5.11 Å². The van der Waals surface area contributed by atoms with Crippen LogP contribution in [0.3, 0.4) is 0 Å². The van der Waals surface area contributed by atoms with E-state index in [1.54, 1.807) is 23.9 Å². The Balaban J connectivity index is 0.000000239. The minimum atomic E-state index is -4.52. The van der Waals surface area contributed by atoms with Gasteiger partial charge in [0.25, 0.3) is 5.56 Å². The third kappa shape index (κ3) is 4.96. The van der Waals surface area contributed by atoms with Crippen molar-refractivity contribution in [3.05, 3.63) is 70.0 Å². The van der Waals surface area contributed by atoms with Crippen molar-refractivity contribution in [3.8, 4) is 16.9 Å². The van der Waals surface area contributed by atoms with E-state index in [1.807, 2.05) is 24.5 Å². The molecule has 3 N–H and O–H groups in total. The predicted octanol–water partition coefficient (Wildman–Crippen LogP) is 5.31. The molecule has 30 heavy (non-hydrogen) atoms. The third-order valence-corrected chi connectivity index (χ3v) is 5.06. The fraction of sp³-hybridized carbons (Fsp3) is 0.238. The molecule has 0 atom stereocenters. The Bertz CT molecular complexity index is 1150. The summed E-state index contributed by atoms with van der Waals surface area (Å²) in [6, 6.07) is 11.4. The van der Waals surface area contributed by atoms with E-state index < -0.39 is 11.9 Å². The van der Waals surface area contributed by atoms with Gasteiger partial charge >= 0.3 is 6.18 Å². The molecule has 5 nitrogen and oxygen atoms in total. The van der Waals surface area contributed by atoms with Gasteiger partial charge in [0, 0.05) is 5.75 Å². The molecule has 0 saturated heterocycles. The first kappa shape index (κ1) is 21.8. The lowest BCUT2D eigenvalue weighted by atomic mass is 9.99. The highest BCUT2D eigenvalue weighted by Crippen LogP contribution is 2.37. The van der Waals surface area contributed by atoms with Crippen molar-refractivity contribution in [1.29, 1.82) is 0 Å². The number of nitrogens with one attached hydrogen (secondary N) is 1. The van der Waals surface area contributed by atoms with Crippen LogP contribution in [0, 0.1) is 0 Å². The second kappa shape index (κ2) is 8.83. The van der Waals surface area contributed by atoms with Crippen LogP contribution < -0.4 is 5.56 Å². The second-order valence-corrected chi connectivity index (χ2v) is 7.53. The number of phenolic OH excluding ortho intramolecular Hbond substituents is 1. The number of aromatic nitrogens is 2. The van der Waals surface area contributed by atoms with E-state index in [9.17, 15) is 23.1 Å². The van der Waals surface area contributed by atoms with Crippen LogP contribution in [0.5, 0.6) is 5.75 Å². The molecule has 0 radical (unpaired) electrons. The van der Waals surface area contributed by atoms with Gasteiger partial charge in [0.15, 0.2) is 5.76 Å². The molecule has 1 aromatic heterocycles. The minimum Gasteiger partial charge on any atom is -0.506 e. The van der Waals surface area contributed by atoms with Gasteiger partial charge in [0.05, 0.1) is 11.7 Å². The van der Waals surface area contributed by atoms with Crippen molar-refractivity contribution < 1.29 is 23.4 Å². The molecule has 0 unspecified atom stereocenters. The van der Waals surface area contributed by atoms with Crippen molar-refractivity contribution in [2.24, 2.45) is 0 Å². The van der Waals surface area contributed by atoms with Gasteiger partial charge < -0.3 is 15.2 Å². The van der Waals surface area contributed by atoms with Crippen molar-refractivity contribution in [2.75, 3.05) is 6.26 Å². The van der Waals surface area contributed by atoms with Gasteiger partial charge in [-0.15, -0.1) is 0 Å². The minimum absolute atomic E-state index is 0.0209. The number of hydrogen-bond acceptors (Lipinski definition) is 5. The Morgan fingerprint density at radius 1 is 1.23 bits per heavy atom. The van der Waals surface area contributed by atoms with Crippen LogP contribution in [-0.2, 0) is 5.75 Å². The number of phenols is 1. The van der Waals surface area contributed by atoms with E-state index in [0.29, 0.717) is 23.7 Å². The number of benzene rings is 2. The summed E-state index contributed by atoms with van der Waals surface area (Å²) in [6.45, 7) is 0. The number of nitrogens with zero attached hydrogens (tertiary/aromatic N) is 1. The van der Waals surface area contributed by atoms with Gasteiger partial charge in [0.1, 0.15) is 11.3 Å². The average Bonchev–Trinajstić information content (AvgIpc) is 3.54. The highest BCUT2D eigenvalue weighted by atomic mass is 32.2. The Labute approximate surface area is 174 Å². The maximum atomic E-state index is 11.9. The summed E-state index contributed by atoms with van der Waals surface area (Å²) in [5, 5.41) is 18.8. The predicted molar refractivity (Wildman–Crippen MR) is 112 cm³/mol. The Morgan fingerprint density at radius 3 is 2.53 bits per heavy atom. The number of aromatic amines is 1. The van der Waals surface area contributed by atoms with Crippen molar-refractivity contribution in [3.63, 3.8) is 0 Å². The molecule has 1 fully saturated rings. The monoisotopic (exact) mass is 436 g/mol. The summed E-state index contributed by atoms with van der Waals surface area (Å²) in [5.74, 6) is -0.492. The highest BCUT2D eigenvalue weighted by molar-refractivity contribution is 7.97. The first-order valence-corrected chi connectivity index (χ1v) is 10.4. The van der Waals surface area contributed by atoms with E-state index in [0.717, 1.165) is 16.9 Å². The summed E-state index contributed by atoms with van der Waals surface area (Å²) in [5.41, 5.74) is 3.21. The Kier molecular flexibility index (Phi) is 6.40. The van der Waals surface area contributed by atoms with Gasteiger partial charge in [-0.05, 0) is 53.5 Å². The van der Waals surface area contributed by atoms with Crippen LogP contribution in [0.2, 0.25) is 0 Å². The van der Waals surface area contributed by atoms with Gasteiger partial charge in [0.2, 0.25) is 0 Å². The van der Waals surface area contributed by atoms with Crippen LogP contribution in [0.1, 0.15) is 18.4 Å². The van der Waals surface area contributed by atoms with Gasteiger partial charge in [-0.3, -0.25) is 4.79 Å². The number of aliphatic hydroxyl groups is 1. The van der Waals surface area contributed by atoms with Crippen molar-refractivity contribution in [2.45, 2.75) is 24.8 Å². The SMILES string of the molecule is CSCc1ccccc1-c1cc(O)c2nc[nH]c(=O)c2c1.OC(=C1CC1)C(F)(F)F. The lowest BCUT2D eigenvalue weighted by molar-refractivity contribution is -0.121. The van der Waals surface area contributed by atoms with E-state index in [-0.39, 0.29) is 16.9 Å². The summed E-state index contributed by atoms with van der Waals surface area (Å²) >= 11 is 1.73. The van der Waals surface area contributed by atoms with Gasteiger partial charge in [-0.1, -0.05) is 24.3 Å². The number of rotatable bonds is 3. The normalized spacial score (nSPS) is 13.0. The van der Waals surface area contributed by atoms with Crippen LogP contribution >= 0.6 is 11.8 Å². The number of aliphatic hydroxyl groups excluding tert-OH is 1. The number of hydrogen-bond donors (Lipinski definition) is 3. The van der Waals surface area contributed by atoms with Crippen LogP contribution in [0.25, 0.3) is 22.0 Å². The molecule has 0 bridgehead atoms. The van der Waals surface area contributed by atoms with E-state index in [1.165, 1.54) is 11.9 Å². The smallest absolute Gasteiger partial charge is 0.448 e.